The number of hydrogen-bond donors (Lipinski definition) is 1. The van der Waals surface area contributed by atoms with Crippen LogP contribution in [-0.2, 0) is 19.6 Å². The number of esters is 1. The highest BCUT2D eigenvalue weighted by molar-refractivity contribution is 7.87. The van der Waals surface area contributed by atoms with E-state index in [0.717, 1.165) is 5.56 Å². The lowest BCUT2D eigenvalue weighted by molar-refractivity contribution is -0.112. The summed E-state index contributed by atoms with van der Waals surface area (Å²) in [4.78, 5) is 24.2. The molecule has 0 fully saturated rings. The van der Waals surface area contributed by atoms with Crippen molar-refractivity contribution >= 4 is 33.8 Å². The summed E-state index contributed by atoms with van der Waals surface area (Å²) in [7, 11) is -2.85. The fraction of sp³-hybridized carbons (Fsp3) is 0.148. The Labute approximate surface area is 215 Å². The second-order valence-corrected chi connectivity index (χ2v) is 9.23. The first-order chi connectivity index (χ1) is 17.7. The molecule has 0 heterocycles. The lowest BCUT2D eigenvalue weighted by atomic mass is 10.1. The van der Waals surface area contributed by atoms with Crippen LogP contribution in [0.1, 0.15) is 28.4 Å². The van der Waals surface area contributed by atoms with E-state index in [2.05, 4.69) is 10.1 Å². The molecule has 0 saturated carbocycles. The van der Waals surface area contributed by atoms with Crippen LogP contribution in [0.15, 0.2) is 77.2 Å². The Hall–Kier alpha value is -4.62. The van der Waals surface area contributed by atoms with Crippen LogP contribution in [0.25, 0.3) is 6.08 Å². The smallest absolute Gasteiger partial charge is 0.339 e. The van der Waals surface area contributed by atoms with E-state index < -0.39 is 22.0 Å². The maximum absolute atomic E-state index is 12.7. The van der Waals surface area contributed by atoms with Crippen molar-refractivity contribution in [3.63, 3.8) is 0 Å². The van der Waals surface area contributed by atoms with E-state index >= 15 is 0 Å². The SMILES string of the molecule is CCOc1cc(/C=C(\C#N)C(=O)Nc2ccc(C(=O)OC)cc2)ccc1OS(=O)(=O)c1ccc(C)cc1. The number of nitrogens with one attached hydrogen (secondary N) is 1. The monoisotopic (exact) mass is 520 g/mol. The second kappa shape index (κ2) is 11.9. The van der Waals surface area contributed by atoms with Crippen LogP contribution in [0.3, 0.4) is 0 Å². The molecule has 0 saturated heterocycles. The second-order valence-electron chi connectivity index (χ2n) is 7.68. The number of aryl methyl sites for hydroxylation is 1. The Morgan fingerprint density at radius 1 is 1.00 bits per heavy atom. The van der Waals surface area contributed by atoms with Crippen molar-refractivity contribution in [2.24, 2.45) is 0 Å². The Bertz CT molecular complexity index is 1470. The van der Waals surface area contributed by atoms with Crippen molar-refractivity contribution in [2.75, 3.05) is 19.0 Å². The van der Waals surface area contributed by atoms with Gasteiger partial charge in [0.15, 0.2) is 11.5 Å². The number of methoxy groups -OCH3 is 1. The van der Waals surface area contributed by atoms with Gasteiger partial charge in [-0.05, 0) is 74.0 Å². The molecule has 3 aromatic carbocycles. The van der Waals surface area contributed by atoms with Crippen LogP contribution in [-0.4, -0.2) is 34.0 Å². The molecule has 37 heavy (non-hydrogen) atoms. The Morgan fingerprint density at radius 3 is 2.27 bits per heavy atom. The molecule has 190 valence electrons. The number of nitriles is 1. The van der Waals surface area contributed by atoms with Crippen molar-refractivity contribution in [3.05, 3.63) is 89.0 Å². The molecular formula is C27H24N2O7S. The number of ether oxygens (including phenoxy) is 2. The van der Waals surface area contributed by atoms with Gasteiger partial charge >= 0.3 is 16.1 Å². The van der Waals surface area contributed by atoms with E-state index in [1.165, 1.54) is 67.8 Å². The van der Waals surface area contributed by atoms with E-state index in [1.54, 1.807) is 19.1 Å². The Balaban J connectivity index is 1.83. The van der Waals surface area contributed by atoms with Crippen molar-refractivity contribution in [1.29, 1.82) is 5.26 Å². The van der Waals surface area contributed by atoms with Gasteiger partial charge in [-0.2, -0.15) is 13.7 Å². The molecule has 0 aromatic heterocycles. The summed E-state index contributed by atoms with van der Waals surface area (Å²) in [6, 6.07) is 18.4. The summed E-state index contributed by atoms with van der Waals surface area (Å²) in [5, 5.41) is 12.1. The van der Waals surface area contributed by atoms with Gasteiger partial charge in [0, 0.05) is 5.69 Å². The van der Waals surface area contributed by atoms with Crippen LogP contribution in [0, 0.1) is 18.3 Å². The fourth-order valence-electron chi connectivity index (χ4n) is 3.14. The number of amides is 1. The predicted octanol–water partition coefficient (Wildman–Crippen LogP) is 4.49. The van der Waals surface area contributed by atoms with Crippen molar-refractivity contribution in [1.82, 2.24) is 0 Å². The minimum Gasteiger partial charge on any atom is -0.490 e. The van der Waals surface area contributed by atoms with Gasteiger partial charge in [0.1, 0.15) is 16.5 Å². The summed E-state index contributed by atoms with van der Waals surface area (Å²) in [5.41, 5.74) is 1.79. The number of anilines is 1. The molecule has 3 rings (SSSR count). The van der Waals surface area contributed by atoms with Crippen LogP contribution in [0.2, 0.25) is 0 Å². The summed E-state index contributed by atoms with van der Waals surface area (Å²) >= 11 is 0. The van der Waals surface area contributed by atoms with E-state index in [0.29, 0.717) is 16.8 Å². The summed E-state index contributed by atoms with van der Waals surface area (Å²) < 4.78 is 40.9. The number of carbonyl (C=O) groups is 2. The van der Waals surface area contributed by atoms with Gasteiger partial charge < -0.3 is 19.0 Å². The maximum Gasteiger partial charge on any atom is 0.339 e. The molecule has 0 bridgehead atoms. The number of carbonyl (C=O) groups excluding carboxylic acids is 2. The number of benzene rings is 3. The van der Waals surface area contributed by atoms with E-state index in [9.17, 15) is 23.3 Å². The largest absolute Gasteiger partial charge is 0.490 e. The van der Waals surface area contributed by atoms with Gasteiger partial charge in [-0.15, -0.1) is 0 Å². The van der Waals surface area contributed by atoms with E-state index in [-0.39, 0.29) is 28.6 Å². The lowest BCUT2D eigenvalue weighted by Crippen LogP contribution is -2.13. The molecule has 3 aromatic rings. The molecule has 0 unspecified atom stereocenters. The standard InChI is InChI=1S/C27H24N2O7S/c1-4-35-25-16-19(7-14-24(25)36-37(32,33)23-12-5-18(2)6-13-23)15-21(17-28)26(30)29-22-10-8-20(9-11-22)27(31)34-3/h5-16H,4H2,1-3H3,(H,29,30)/b21-15+. The summed E-state index contributed by atoms with van der Waals surface area (Å²) in [6.45, 7) is 3.79. The topological polar surface area (TPSA) is 132 Å². The first-order valence-corrected chi connectivity index (χ1v) is 12.5. The zero-order valence-corrected chi connectivity index (χ0v) is 21.2. The zero-order chi connectivity index (χ0) is 27.0. The van der Waals surface area contributed by atoms with Gasteiger partial charge in [0.05, 0.1) is 19.3 Å². The number of rotatable bonds is 9. The molecule has 9 nitrogen and oxygen atoms in total. The van der Waals surface area contributed by atoms with Crippen LogP contribution in [0.5, 0.6) is 11.5 Å². The molecule has 0 aliphatic heterocycles. The highest BCUT2D eigenvalue weighted by Crippen LogP contribution is 2.32. The van der Waals surface area contributed by atoms with Gasteiger partial charge in [0.2, 0.25) is 0 Å². The van der Waals surface area contributed by atoms with Crippen molar-refractivity contribution in [3.8, 4) is 17.6 Å². The molecule has 10 heteroatoms. The van der Waals surface area contributed by atoms with Crippen LogP contribution in [0.4, 0.5) is 5.69 Å². The van der Waals surface area contributed by atoms with Gasteiger partial charge in [-0.1, -0.05) is 23.8 Å². The summed E-state index contributed by atoms with van der Waals surface area (Å²) in [5.74, 6) is -1.09. The third-order valence-corrected chi connectivity index (χ3v) is 6.27. The molecule has 0 aliphatic rings. The molecule has 0 radical (unpaired) electrons. The van der Waals surface area contributed by atoms with Crippen LogP contribution >= 0.6 is 0 Å². The third-order valence-electron chi connectivity index (χ3n) is 5.02. The lowest BCUT2D eigenvalue weighted by Gasteiger charge is -2.13. The average molecular weight is 521 g/mol. The number of hydrogen-bond acceptors (Lipinski definition) is 8. The zero-order valence-electron chi connectivity index (χ0n) is 20.3. The van der Waals surface area contributed by atoms with E-state index in [1.807, 2.05) is 13.0 Å². The number of nitrogens with zero attached hydrogens (tertiary/aromatic N) is 1. The molecule has 0 aliphatic carbocycles. The minimum absolute atomic E-state index is 0.00687. The Morgan fingerprint density at radius 2 is 1.68 bits per heavy atom. The molecular weight excluding hydrogens is 496 g/mol. The minimum atomic E-state index is -4.11. The van der Waals surface area contributed by atoms with Gasteiger partial charge in [-0.25, -0.2) is 4.79 Å². The predicted molar refractivity (Wildman–Crippen MR) is 137 cm³/mol. The molecule has 0 spiro atoms. The molecule has 1 amide bonds. The quantitative estimate of drug-likeness (QED) is 0.189. The van der Waals surface area contributed by atoms with Gasteiger partial charge in [0.25, 0.3) is 5.91 Å². The Kier molecular flexibility index (Phi) is 8.66. The normalized spacial score (nSPS) is 11.2. The molecule has 0 atom stereocenters. The first kappa shape index (κ1) is 27.0. The van der Waals surface area contributed by atoms with Crippen LogP contribution < -0.4 is 14.2 Å². The average Bonchev–Trinajstić information content (AvgIpc) is 2.88. The van der Waals surface area contributed by atoms with Crippen molar-refractivity contribution < 1.29 is 31.7 Å². The van der Waals surface area contributed by atoms with Gasteiger partial charge in [-0.3, -0.25) is 4.79 Å². The highest BCUT2D eigenvalue weighted by Gasteiger charge is 2.20. The maximum atomic E-state index is 12.7. The van der Waals surface area contributed by atoms with E-state index in [4.69, 9.17) is 8.92 Å². The fourth-order valence-corrected chi connectivity index (χ4v) is 4.08. The molecule has 1 N–H and O–H groups in total. The highest BCUT2D eigenvalue weighted by atomic mass is 32.2. The summed E-state index contributed by atoms with van der Waals surface area (Å²) in [6.07, 6.45) is 1.33. The van der Waals surface area contributed by atoms with Crippen molar-refractivity contribution in [2.45, 2.75) is 18.7 Å². The first-order valence-electron chi connectivity index (χ1n) is 11.1. The third kappa shape index (κ3) is 6.96.